The smallest absolute Gasteiger partial charge is 0.0645 e. The molecule has 0 radical (unpaired) electrons. The molecule has 16 heavy (non-hydrogen) atoms. The van der Waals surface area contributed by atoms with Gasteiger partial charge in [0.15, 0.2) is 0 Å². The van der Waals surface area contributed by atoms with Gasteiger partial charge >= 0.3 is 0 Å². The highest BCUT2D eigenvalue weighted by Gasteiger charge is 2.28. The number of nitrogens with zero attached hydrogens (tertiary/aromatic N) is 1. The van der Waals surface area contributed by atoms with Gasteiger partial charge in [0.2, 0.25) is 0 Å². The quantitative estimate of drug-likeness (QED) is 0.615. The molecule has 1 saturated heterocycles. The Morgan fingerprint density at radius 2 is 2.44 bits per heavy atom. The topological polar surface area (TPSA) is 68.0 Å². The third kappa shape index (κ3) is 3.99. The molecule has 0 bridgehead atoms. The summed E-state index contributed by atoms with van der Waals surface area (Å²) in [5, 5.41) is 9.32. The average molecular weight is 232 g/mol. The zero-order valence-electron chi connectivity index (χ0n) is 10.1. The molecule has 0 spiro atoms. The number of hydrogen-bond acceptors (Lipinski definition) is 5. The molecule has 5 nitrogen and oxygen atoms in total. The number of ether oxygens (including phenoxy) is 2. The van der Waals surface area contributed by atoms with Crippen molar-refractivity contribution in [2.24, 2.45) is 5.73 Å². The summed E-state index contributed by atoms with van der Waals surface area (Å²) in [4.78, 5) is 2.29. The van der Waals surface area contributed by atoms with Crippen LogP contribution in [0.4, 0.5) is 0 Å². The first-order valence-electron chi connectivity index (χ1n) is 5.96. The second-order valence-electron chi connectivity index (χ2n) is 4.19. The largest absolute Gasteiger partial charge is 0.395 e. The molecule has 1 aliphatic heterocycles. The van der Waals surface area contributed by atoms with Crippen LogP contribution in [0.5, 0.6) is 0 Å². The number of nitrogens with two attached hydrogens (primary N) is 1. The van der Waals surface area contributed by atoms with E-state index < -0.39 is 0 Å². The maximum absolute atomic E-state index is 9.32. The minimum absolute atomic E-state index is 0.103. The average Bonchev–Trinajstić information content (AvgIpc) is 2.34. The van der Waals surface area contributed by atoms with E-state index in [9.17, 15) is 5.11 Å². The molecule has 96 valence electrons. The Bertz CT molecular complexity index is 181. The Kier molecular flexibility index (Phi) is 6.91. The summed E-state index contributed by atoms with van der Waals surface area (Å²) in [7, 11) is 1.71. The fourth-order valence-corrected chi connectivity index (χ4v) is 2.20. The first kappa shape index (κ1) is 13.9. The Labute approximate surface area is 97.5 Å². The predicted octanol–water partition coefficient (Wildman–Crippen LogP) is -0.567. The molecule has 1 heterocycles. The molecule has 0 saturated carbocycles. The van der Waals surface area contributed by atoms with Crippen LogP contribution in [0.15, 0.2) is 0 Å². The Hall–Kier alpha value is -0.200. The van der Waals surface area contributed by atoms with Crippen LogP contribution >= 0.6 is 0 Å². The summed E-state index contributed by atoms with van der Waals surface area (Å²) >= 11 is 0. The fraction of sp³-hybridized carbons (Fsp3) is 1.00. The van der Waals surface area contributed by atoms with Crippen molar-refractivity contribution in [2.75, 3.05) is 46.6 Å². The van der Waals surface area contributed by atoms with Crippen molar-refractivity contribution >= 4 is 0 Å². The van der Waals surface area contributed by atoms with Crippen molar-refractivity contribution in [2.45, 2.75) is 24.9 Å². The third-order valence-corrected chi connectivity index (χ3v) is 3.05. The maximum atomic E-state index is 9.32. The minimum Gasteiger partial charge on any atom is -0.395 e. The van der Waals surface area contributed by atoms with E-state index in [2.05, 4.69) is 4.90 Å². The van der Waals surface area contributed by atoms with E-state index in [1.54, 1.807) is 7.11 Å². The van der Waals surface area contributed by atoms with Gasteiger partial charge in [-0.15, -0.1) is 0 Å². The molecule has 2 atom stereocenters. The van der Waals surface area contributed by atoms with Crippen molar-refractivity contribution in [3.05, 3.63) is 0 Å². The van der Waals surface area contributed by atoms with Crippen LogP contribution in [0.2, 0.25) is 0 Å². The van der Waals surface area contributed by atoms with E-state index in [1.165, 1.54) is 0 Å². The van der Waals surface area contributed by atoms with Crippen molar-refractivity contribution in [3.8, 4) is 0 Å². The molecule has 1 rings (SSSR count). The summed E-state index contributed by atoms with van der Waals surface area (Å²) in [6.45, 7) is 3.75. The Morgan fingerprint density at radius 1 is 1.62 bits per heavy atom. The van der Waals surface area contributed by atoms with Crippen LogP contribution in [0.3, 0.4) is 0 Å². The van der Waals surface area contributed by atoms with E-state index >= 15 is 0 Å². The van der Waals surface area contributed by atoms with Crippen LogP contribution in [0, 0.1) is 0 Å². The van der Waals surface area contributed by atoms with Gasteiger partial charge in [-0.1, -0.05) is 0 Å². The normalized spacial score (nSPS) is 24.6. The molecule has 0 aromatic rings. The van der Waals surface area contributed by atoms with Crippen LogP contribution in [-0.2, 0) is 9.47 Å². The number of morpholine rings is 1. The van der Waals surface area contributed by atoms with Gasteiger partial charge in [-0.3, -0.25) is 4.90 Å². The van der Waals surface area contributed by atoms with Crippen molar-refractivity contribution in [3.63, 3.8) is 0 Å². The number of rotatable bonds is 7. The highest BCUT2D eigenvalue weighted by atomic mass is 16.5. The summed E-state index contributed by atoms with van der Waals surface area (Å²) in [5.74, 6) is 0. The highest BCUT2D eigenvalue weighted by molar-refractivity contribution is 4.81. The second kappa shape index (κ2) is 7.97. The van der Waals surface area contributed by atoms with Gasteiger partial charge in [-0.05, 0) is 19.4 Å². The third-order valence-electron chi connectivity index (χ3n) is 3.05. The van der Waals surface area contributed by atoms with Crippen LogP contribution in [0.1, 0.15) is 12.8 Å². The number of aliphatic hydroxyl groups excluding tert-OH is 1. The van der Waals surface area contributed by atoms with E-state index in [0.717, 1.165) is 26.0 Å². The fourth-order valence-electron chi connectivity index (χ4n) is 2.20. The van der Waals surface area contributed by atoms with Crippen LogP contribution in [0.25, 0.3) is 0 Å². The summed E-state index contributed by atoms with van der Waals surface area (Å²) in [5.41, 5.74) is 5.54. The molecular formula is C11H24N2O3. The van der Waals surface area contributed by atoms with Gasteiger partial charge in [0.1, 0.15) is 0 Å². The molecule has 0 amide bonds. The Morgan fingerprint density at radius 3 is 3.06 bits per heavy atom. The van der Waals surface area contributed by atoms with Gasteiger partial charge in [0.25, 0.3) is 0 Å². The molecule has 1 aliphatic rings. The second-order valence-corrected chi connectivity index (χ2v) is 4.19. The summed E-state index contributed by atoms with van der Waals surface area (Å²) in [6, 6.07) is 0.446. The monoisotopic (exact) mass is 232 g/mol. The standard InChI is InChI=1S/C11H24N2O3/c1-15-8-10(3-2-4-12)13-5-6-16-9-11(13)7-14/h10-11,14H,2-9,12H2,1H3. The number of aliphatic hydroxyl groups is 1. The summed E-state index contributed by atoms with van der Waals surface area (Å²) < 4.78 is 10.6. The summed E-state index contributed by atoms with van der Waals surface area (Å²) in [6.07, 6.45) is 2.00. The number of hydrogen-bond donors (Lipinski definition) is 2. The van der Waals surface area contributed by atoms with Crippen molar-refractivity contribution in [1.82, 2.24) is 4.90 Å². The molecule has 5 heteroatoms. The predicted molar refractivity (Wildman–Crippen MR) is 62.4 cm³/mol. The lowest BCUT2D eigenvalue weighted by Gasteiger charge is -2.40. The molecule has 3 N–H and O–H groups in total. The first-order valence-corrected chi connectivity index (χ1v) is 5.96. The lowest BCUT2D eigenvalue weighted by Crippen LogP contribution is -2.53. The van der Waals surface area contributed by atoms with Gasteiger partial charge in [0.05, 0.1) is 32.5 Å². The highest BCUT2D eigenvalue weighted by Crippen LogP contribution is 2.15. The van der Waals surface area contributed by atoms with Gasteiger partial charge in [0, 0.05) is 19.7 Å². The lowest BCUT2D eigenvalue weighted by molar-refractivity contribution is -0.0617. The molecular weight excluding hydrogens is 208 g/mol. The SMILES string of the molecule is COCC(CCCN)N1CCOCC1CO. The van der Waals surface area contributed by atoms with Crippen molar-refractivity contribution in [1.29, 1.82) is 0 Å². The Balaban J connectivity index is 2.51. The van der Waals surface area contributed by atoms with E-state index in [1.807, 2.05) is 0 Å². The molecule has 0 aromatic carbocycles. The number of methoxy groups -OCH3 is 1. The van der Waals surface area contributed by atoms with Gasteiger partial charge in [-0.2, -0.15) is 0 Å². The van der Waals surface area contributed by atoms with Crippen molar-refractivity contribution < 1.29 is 14.6 Å². The van der Waals surface area contributed by atoms with Crippen LogP contribution in [-0.4, -0.2) is 68.7 Å². The molecule has 2 unspecified atom stereocenters. The van der Waals surface area contributed by atoms with Crippen LogP contribution < -0.4 is 5.73 Å². The van der Waals surface area contributed by atoms with E-state index in [-0.39, 0.29) is 12.6 Å². The lowest BCUT2D eigenvalue weighted by atomic mass is 10.1. The molecule has 1 fully saturated rings. The minimum atomic E-state index is 0.103. The van der Waals surface area contributed by atoms with Gasteiger partial charge < -0.3 is 20.3 Å². The van der Waals surface area contributed by atoms with E-state index in [0.29, 0.717) is 25.8 Å². The van der Waals surface area contributed by atoms with Gasteiger partial charge in [-0.25, -0.2) is 0 Å². The molecule has 0 aromatic heterocycles. The zero-order valence-corrected chi connectivity index (χ0v) is 10.1. The maximum Gasteiger partial charge on any atom is 0.0645 e. The zero-order chi connectivity index (χ0) is 11.8. The molecule has 0 aliphatic carbocycles. The van der Waals surface area contributed by atoms with E-state index in [4.69, 9.17) is 15.2 Å². The first-order chi connectivity index (χ1) is 7.83.